The van der Waals surface area contributed by atoms with E-state index < -0.39 is 0 Å². The van der Waals surface area contributed by atoms with Crippen LogP contribution in [0.3, 0.4) is 0 Å². The summed E-state index contributed by atoms with van der Waals surface area (Å²) in [5.74, 6) is 0.576. The van der Waals surface area contributed by atoms with E-state index in [9.17, 15) is 4.79 Å². The highest BCUT2D eigenvalue weighted by atomic mass is 16.2. The minimum atomic E-state index is 0.103. The molecular weight excluding hydrogens is 210 g/mol. The molecule has 0 aliphatic carbocycles. The van der Waals surface area contributed by atoms with Crippen molar-refractivity contribution >= 4 is 22.4 Å². The SMILES string of the molecule is CC(C)c1ccc2c3c(cccc13)C(=O)N2C. The van der Waals surface area contributed by atoms with Gasteiger partial charge in [0.1, 0.15) is 0 Å². The van der Waals surface area contributed by atoms with Gasteiger partial charge in [-0.1, -0.05) is 32.0 Å². The fourth-order valence-corrected chi connectivity index (χ4v) is 2.66. The lowest BCUT2D eigenvalue weighted by molar-refractivity contribution is 0.0999. The Morgan fingerprint density at radius 1 is 1.12 bits per heavy atom. The van der Waals surface area contributed by atoms with Crippen molar-refractivity contribution in [3.63, 3.8) is 0 Å². The van der Waals surface area contributed by atoms with Crippen molar-refractivity contribution in [2.45, 2.75) is 19.8 Å². The molecule has 1 aliphatic heterocycles. The van der Waals surface area contributed by atoms with Gasteiger partial charge in [0.05, 0.1) is 5.69 Å². The van der Waals surface area contributed by atoms with Crippen LogP contribution in [0.1, 0.15) is 35.7 Å². The largest absolute Gasteiger partial charge is 0.311 e. The summed E-state index contributed by atoms with van der Waals surface area (Å²) in [4.78, 5) is 13.8. The van der Waals surface area contributed by atoms with Crippen molar-refractivity contribution in [1.82, 2.24) is 0 Å². The molecule has 0 fully saturated rings. The number of hydrogen-bond donors (Lipinski definition) is 0. The summed E-state index contributed by atoms with van der Waals surface area (Å²) in [5.41, 5.74) is 3.18. The number of rotatable bonds is 1. The second kappa shape index (κ2) is 3.33. The van der Waals surface area contributed by atoms with Crippen molar-refractivity contribution < 1.29 is 4.79 Å². The maximum atomic E-state index is 12.1. The Morgan fingerprint density at radius 2 is 1.88 bits per heavy atom. The van der Waals surface area contributed by atoms with Crippen LogP contribution in [0, 0.1) is 0 Å². The standard InChI is InChI=1S/C15H15NO/c1-9(2)10-7-8-13-14-11(10)5-4-6-12(14)15(17)16(13)3/h4-9H,1-3H3. The molecule has 2 nitrogen and oxygen atoms in total. The van der Waals surface area contributed by atoms with Crippen LogP contribution in [0.4, 0.5) is 5.69 Å². The highest BCUT2D eigenvalue weighted by Crippen LogP contribution is 2.39. The summed E-state index contributed by atoms with van der Waals surface area (Å²) in [5, 5.41) is 2.33. The van der Waals surface area contributed by atoms with Gasteiger partial charge < -0.3 is 4.90 Å². The number of carbonyl (C=O) groups excluding carboxylic acids is 1. The van der Waals surface area contributed by atoms with Crippen LogP contribution in [0.25, 0.3) is 10.8 Å². The second-order valence-corrected chi connectivity index (χ2v) is 4.92. The average molecular weight is 225 g/mol. The first-order valence-electron chi connectivity index (χ1n) is 5.95. The fourth-order valence-electron chi connectivity index (χ4n) is 2.66. The molecule has 0 saturated heterocycles. The lowest BCUT2D eigenvalue weighted by Gasteiger charge is -2.13. The molecule has 0 unspecified atom stereocenters. The van der Waals surface area contributed by atoms with Gasteiger partial charge >= 0.3 is 0 Å². The highest BCUT2D eigenvalue weighted by molar-refractivity contribution is 6.25. The molecule has 2 aromatic rings. The maximum absolute atomic E-state index is 12.1. The van der Waals surface area contributed by atoms with Gasteiger partial charge in [0.2, 0.25) is 0 Å². The van der Waals surface area contributed by atoms with Crippen molar-refractivity contribution in [2.24, 2.45) is 0 Å². The van der Waals surface area contributed by atoms with Crippen molar-refractivity contribution in [2.75, 3.05) is 11.9 Å². The van der Waals surface area contributed by atoms with E-state index in [1.807, 2.05) is 19.2 Å². The van der Waals surface area contributed by atoms with Gasteiger partial charge in [-0.05, 0) is 29.0 Å². The highest BCUT2D eigenvalue weighted by Gasteiger charge is 2.27. The van der Waals surface area contributed by atoms with E-state index in [2.05, 4.69) is 32.0 Å². The molecule has 17 heavy (non-hydrogen) atoms. The number of nitrogens with zero attached hydrogens (tertiary/aromatic N) is 1. The molecule has 0 saturated carbocycles. The lowest BCUT2D eigenvalue weighted by atomic mass is 9.94. The summed E-state index contributed by atoms with van der Waals surface area (Å²) in [6.07, 6.45) is 0. The summed E-state index contributed by atoms with van der Waals surface area (Å²) < 4.78 is 0. The van der Waals surface area contributed by atoms with Crippen LogP contribution < -0.4 is 4.90 Å². The smallest absolute Gasteiger partial charge is 0.258 e. The lowest BCUT2D eigenvalue weighted by Crippen LogP contribution is -2.20. The van der Waals surface area contributed by atoms with E-state index in [0.29, 0.717) is 5.92 Å². The molecule has 0 bridgehead atoms. The molecule has 0 atom stereocenters. The fraction of sp³-hybridized carbons (Fsp3) is 0.267. The molecule has 0 radical (unpaired) electrons. The zero-order chi connectivity index (χ0) is 12.2. The van der Waals surface area contributed by atoms with Crippen molar-refractivity contribution in [3.8, 4) is 0 Å². The average Bonchev–Trinajstić information content (AvgIpc) is 2.57. The summed E-state index contributed by atoms with van der Waals surface area (Å²) in [7, 11) is 1.84. The van der Waals surface area contributed by atoms with Crippen molar-refractivity contribution in [3.05, 3.63) is 41.5 Å². The van der Waals surface area contributed by atoms with Crippen molar-refractivity contribution in [1.29, 1.82) is 0 Å². The molecule has 0 spiro atoms. The molecule has 1 heterocycles. The zero-order valence-electron chi connectivity index (χ0n) is 10.3. The number of hydrogen-bond acceptors (Lipinski definition) is 1. The number of anilines is 1. The minimum absolute atomic E-state index is 0.103. The third-order valence-electron chi connectivity index (χ3n) is 3.57. The van der Waals surface area contributed by atoms with Gasteiger partial charge in [-0.25, -0.2) is 0 Å². The predicted octanol–water partition coefficient (Wildman–Crippen LogP) is 3.55. The Hall–Kier alpha value is -1.83. The molecule has 3 rings (SSSR count). The monoisotopic (exact) mass is 225 g/mol. The van der Waals surface area contributed by atoms with E-state index >= 15 is 0 Å². The Morgan fingerprint density at radius 3 is 2.59 bits per heavy atom. The first kappa shape index (κ1) is 10.3. The first-order valence-corrected chi connectivity index (χ1v) is 5.95. The van der Waals surface area contributed by atoms with Crippen LogP contribution in [0.15, 0.2) is 30.3 Å². The van der Waals surface area contributed by atoms with Crippen LogP contribution in [0.2, 0.25) is 0 Å². The van der Waals surface area contributed by atoms with E-state index in [4.69, 9.17) is 0 Å². The summed E-state index contributed by atoms with van der Waals surface area (Å²) in [6, 6.07) is 10.2. The quantitative estimate of drug-likeness (QED) is 0.726. The Bertz CT molecular complexity index is 628. The van der Waals surface area contributed by atoms with Crippen LogP contribution in [0.5, 0.6) is 0 Å². The maximum Gasteiger partial charge on any atom is 0.258 e. The van der Waals surface area contributed by atoms with Crippen LogP contribution >= 0.6 is 0 Å². The van der Waals surface area contributed by atoms with E-state index in [1.54, 1.807) is 4.90 Å². The van der Waals surface area contributed by atoms with E-state index in [1.165, 1.54) is 10.9 Å². The molecule has 1 amide bonds. The van der Waals surface area contributed by atoms with Gasteiger partial charge in [-0.2, -0.15) is 0 Å². The molecule has 1 aliphatic rings. The Kier molecular flexibility index (Phi) is 2.02. The van der Waals surface area contributed by atoms with Gasteiger partial charge in [-0.15, -0.1) is 0 Å². The minimum Gasteiger partial charge on any atom is -0.311 e. The molecular formula is C15H15NO. The molecule has 2 heteroatoms. The topological polar surface area (TPSA) is 20.3 Å². The normalized spacial score (nSPS) is 14.1. The first-order chi connectivity index (χ1) is 8.11. The van der Waals surface area contributed by atoms with Gasteiger partial charge in [0.15, 0.2) is 0 Å². The van der Waals surface area contributed by atoms with Crippen LogP contribution in [-0.2, 0) is 0 Å². The Labute approximate surface area is 101 Å². The van der Waals surface area contributed by atoms with E-state index in [-0.39, 0.29) is 5.91 Å². The molecule has 0 aromatic heterocycles. The number of carbonyl (C=O) groups is 1. The molecule has 86 valence electrons. The second-order valence-electron chi connectivity index (χ2n) is 4.92. The molecule has 0 N–H and O–H groups in total. The van der Waals surface area contributed by atoms with Gasteiger partial charge in [0, 0.05) is 18.0 Å². The van der Waals surface area contributed by atoms with E-state index in [0.717, 1.165) is 16.6 Å². The van der Waals surface area contributed by atoms with Gasteiger partial charge in [0.25, 0.3) is 5.91 Å². The van der Waals surface area contributed by atoms with Gasteiger partial charge in [-0.3, -0.25) is 4.79 Å². The summed E-state index contributed by atoms with van der Waals surface area (Å²) in [6.45, 7) is 4.37. The third-order valence-corrected chi connectivity index (χ3v) is 3.57. The predicted molar refractivity (Wildman–Crippen MR) is 70.8 cm³/mol. The Balaban J connectivity index is 2.46. The zero-order valence-corrected chi connectivity index (χ0v) is 10.3. The molecule has 2 aromatic carbocycles. The number of benzene rings is 2. The number of amides is 1. The third kappa shape index (κ3) is 1.24. The van der Waals surface area contributed by atoms with Crippen LogP contribution in [-0.4, -0.2) is 13.0 Å². The summed E-state index contributed by atoms with van der Waals surface area (Å²) >= 11 is 0.